The second kappa shape index (κ2) is 4.54. The summed E-state index contributed by atoms with van der Waals surface area (Å²) in [4.78, 5) is 0. The molecule has 0 saturated carbocycles. The molecule has 1 aromatic rings. The van der Waals surface area contributed by atoms with Gasteiger partial charge in [0.1, 0.15) is 5.82 Å². The van der Waals surface area contributed by atoms with E-state index in [1.807, 2.05) is 17.8 Å². The van der Waals surface area contributed by atoms with Gasteiger partial charge in [0.05, 0.1) is 0 Å². The number of rotatable bonds is 2. The van der Waals surface area contributed by atoms with Gasteiger partial charge in [-0.15, -0.1) is 0 Å². The highest BCUT2D eigenvalue weighted by Crippen LogP contribution is 2.37. The number of hydrogen-bond acceptors (Lipinski definition) is 2. The molecule has 3 heteroatoms. The first kappa shape index (κ1) is 11.0. The summed E-state index contributed by atoms with van der Waals surface area (Å²) < 4.78 is 13.2. The number of halogens is 1. The van der Waals surface area contributed by atoms with E-state index in [0.29, 0.717) is 6.54 Å². The number of benzene rings is 1. The molecule has 1 heterocycles. The zero-order chi connectivity index (χ0) is 10.7. The Kier molecular flexibility index (Phi) is 3.32. The molecule has 1 aliphatic heterocycles. The minimum absolute atomic E-state index is 0.0212. The molecule has 0 unspecified atom stereocenters. The smallest absolute Gasteiger partial charge is 0.123 e. The third kappa shape index (κ3) is 2.18. The predicted octanol–water partition coefficient (Wildman–Crippen LogP) is 2.55. The molecule has 2 N–H and O–H groups in total. The SMILES string of the molecule is NCC1(c2cccc(F)c2)CCSCC1. The van der Waals surface area contributed by atoms with Crippen LogP contribution in [-0.4, -0.2) is 18.1 Å². The van der Waals surface area contributed by atoms with Gasteiger partial charge in [-0.3, -0.25) is 0 Å². The Labute approximate surface area is 94.2 Å². The van der Waals surface area contributed by atoms with Crippen LogP contribution < -0.4 is 5.73 Å². The van der Waals surface area contributed by atoms with Crippen molar-refractivity contribution in [3.8, 4) is 0 Å². The highest BCUT2D eigenvalue weighted by Gasteiger charge is 2.32. The van der Waals surface area contributed by atoms with Crippen molar-refractivity contribution in [1.82, 2.24) is 0 Å². The Morgan fingerprint density at radius 2 is 2.07 bits per heavy atom. The first-order valence-electron chi connectivity index (χ1n) is 5.31. The molecule has 1 fully saturated rings. The summed E-state index contributed by atoms with van der Waals surface area (Å²) >= 11 is 1.96. The van der Waals surface area contributed by atoms with Gasteiger partial charge in [0.25, 0.3) is 0 Å². The summed E-state index contributed by atoms with van der Waals surface area (Å²) in [5.41, 5.74) is 6.98. The fourth-order valence-electron chi connectivity index (χ4n) is 2.19. The van der Waals surface area contributed by atoms with Gasteiger partial charge in [0, 0.05) is 12.0 Å². The highest BCUT2D eigenvalue weighted by molar-refractivity contribution is 7.99. The van der Waals surface area contributed by atoms with Crippen molar-refractivity contribution in [2.75, 3.05) is 18.1 Å². The van der Waals surface area contributed by atoms with E-state index in [9.17, 15) is 4.39 Å². The van der Waals surface area contributed by atoms with E-state index in [1.165, 1.54) is 6.07 Å². The molecule has 0 atom stereocenters. The molecule has 1 nitrogen and oxygen atoms in total. The minimum atomic E-state index is -0.154. The molecule has 0 radical (unpaired) electrons. The van der Waals surface area contributed by atoms with Crippen LogP contribution in [0.15, 0.2) is 24.3 Å². The zero-order valence-electron chi connectivity index (χ0n) is 8.71. The molecule has 1 aromatic carbocycles. The molecular weight excluding hydrogens is 209 g/mol. The Morgan fingerprint density at radius 3 is 2.67 bits per heavy atom. The van der Waals surface area contributed by atoms with Gasteiger partial charge < -0.3 is 5.73 Å². The largest absolute Gasteiger partial charge is 0.330 e. The van der Waals surface area contributed by atoms with E-state index >= 15 is 0 Å². The van der Waals surface area contributed by atoms with Gasteiger partial charge in [-0.25, -0.2) is 4.39 Å². The molecule has 0 aromatic heterocycles. The van der Waals surface area contributed by atoms with Crippen molar-refractivity contribution < 1.29 is 4.39 Å². The monoisotopic (exact) mass is 225 g/mol. The predicted molar refractivity (Wildman–Crippen MR) is 63.7 cm³/mol. The molecule has 0 aliphatic carbocycles. The van der Waals surface area contributed by atoms with E-state index < -0.39 is 0 Å². The summed E-state index contributed by atoms with van der Waals surface area (Å²) in [6.45, 7) is 0.622. The molecule has 0 spiro atoms. The van der Waals surface area contributed by atoms with Crippen molar-refractivity contribution in [2.45, 2.75) is 18.3 Å². The van der Waals surface area contributed by atoms with Crippen LogP contribution in [0.25, 0.3) is 0 Å². The summed E-state index contributed by atoms with van der Waals surface area (Å²) in [5, 5.41) is 0. The van der Waals surface area contributed by atoms with E-state index in [-0.39, 0.29) is 11.2 Å². The average Bonchev–Trinajstić information content (AvgIpc) is 2.30. The van der Waals surface area contributed by atoms with E-state index in [1.54, 1.807) is 12.1 Å². The van der Waals surface area contributed by atoms with E-state index in [2.05, 4.69) is 0 Å². The van der Waals surface area contributed by atoms with Crippen molar-refractivity contribution >= 4 is 11.8 Å². The molecule has 2 rings (SSSR count). The highest BCUT2D eigenvalue weighted by atomic mass is 32.2. The Balaban J connectivity index is 2.32. The van der Waals surface area contributed by atoms with Crippen molar-refractivity contribution in [3.63, 3.8) is 0 Å². The fraction of sp³-hybridized carbons (Fsp3) is 0.500. The lowest BCUT2D eigenvalue weighted by Crippen LogP contribution is -2.38. The molecule has 0 amide bonds. The van der Waals surface area contributed by atoms with Gasteiger partial charge in [-0.1, -0.05) is 12.1 Å². The van der Waals surface area contributed by atoms with E-state index in [0.717, 1.165) is 29.9 Å². The Bertz CT molecular complexity index is 334. The van der Waals surface area contributed by atoms with Crippen LogP contribution in [0, 0.1) is 5.82 Å². The second-order valence-corrected chi connectivity index (χ2v) is 5.33. The van der Waals surface area contributed by atoms with Crippen LogP contribution in [0.5, 0.6) is 0 Å². The lowest BCUT2D eigenvalue weighted by molar-refractivity contribution is 0.402. The number of hydrogen-bond donors (Lipinski definition) is 1. The third-order valence-electron chi connectivity index (χ3n) is 3.28. The van der Waals surface area contributed by atoms with Gasteiger partial charge in [0.2, 0.25) is 0 Å². The Morgan fingerprint density at radius 1 is 1.33 bits per heavy atom. The van der Waals surface area contributed by atoms with Crippen LogP contribution in [0.1, 0.15) is 18.4 Å². The van der Waals surface area contributed by atoms with Gasteiger partial charge in [-0.2, -0.15) is 11.8 Å². The molecular formula is C12H16FNS. The van der Waals surface area contributed by atoms with Crippen LogP contribution in [-0.2, 0) is 5.41 Å². The molecule has 15 heavy (non-hydrogen) atoms. The lowest BCUT2D eigenvalue weighted by Gasteiger charge is -2.36. The topological polar surface area (TPSA) is 26.0 Å². The third-order valence-corrected chi connectivity index (χ3v) is 4.26. The maximum atomic E-state index is 13.2. The first-order valence-corrected chi connectivity index (χ1v) is 6.46. The first-order chi connectivity index (χ1) is 7.27. The summed E-state index contributed by atoms with van der Waals surface area (Å²) in [7, 11) is 0. The molecule has 0 bridgehead atoms. The number of thioether (sulfide) groups is 1. The Hall–Kier alpha value is -0.540. The molecule has 1 aliphatic rings. The van der Waals surface area contributed by atoms with Crippen molar-refractivity contribution in [1.29, 1.82) is 0 Å². The van der Waals surface area contributed by atoms with Crippen LogP contribution in [0.4, 0.5) is 4.39 Å². The summed E-state index contributed by atoms with van der Waals surface area (Å²) in [6, 6.07) is 6.92. The van der Waals surface area contributed by atoms with Crippen molar-refractivity contribution in [2.24, 2.45) is 5.73 Å². The van der Waals surface area contributed by atoms with Gasteiger partial charge in [0.15, 0.2) is 0 Å². The molecule has 82 valence electrons. The average molecular weight is 225 g/mol. The zero-order valence-corrected chi connectivity index (χ0v) is 9.52. The second-order valence-electron chi connectivity index (χ2n) is 4.11. The van der Waals surface area contributed by atoms with Gasteiger partial charge >= 0.3 is 0 Å². The quantitative estimate of drug-likeness (QED) is 0.837. The fourth-order valence-corrected chi connectivity index (χ4v) is 3.47. The maximum absolute atomic E-state index is 13.2. The van der Waals surface area contributed by atoms with Crippen LogP contribution in [0.3, 0.4) is 0 Å². The normalized spacial score (nSPS) is 20.1. The number of nitrogens with two attached hydrogens (primary N) is 1. The van der Waals surface area contributed by atoms with Crippen LogP contribution >= 0.6 is 11.8 Å². The van der Waals surface area contributed by atoms with Gasteiger partial charge in [-0.05, 0) is 42.0 Å². The maximum Gasteiger partial charge on any atom is 0.123 e. The lowest BCUT2D eigenvalue weighted by atomic mass is 9.75. The molecule has 1 saturated heterocycles. The van der Waals surface area contributed by atoms with Crippen molar-refractivity contribution in [3.05, 3.63) is 35.6 Å². The minimum Gasteiger partial charge on any atom is -0.330 e. The van der Waals surface area contributed by atoms with Crippen LogP contribution in [0.2, 0.25) is 0 Å². The summed E-state index contributed by atoms with van der Waals surface area (Å²) in [5.74, 6) is 2.11. The standard InChI is InChI=1S/C12H16FNS/c13-11-3-1-2-10(8-11)12(9-14)4-6-15-7-5-12/h1-3,8H,4-7,9,14H2. The van der Waals surface area contributed by atoms with E-state index in [4.69, 9.17) is 5.73 Å². The summed E-state index contributed by atoms with van der Waals surface area (Å²) in [6.07, 6.45) is 2.13.